The summed E-state index contributed by atoms with van der Waals surface area (Å²) >= 11 is 8.04. The van der Waals surface area contributed by atoms with Gasteiger partial charge in [-0.05, 0) is 35.4 Å². The number of nitrogens with zero attached hydrogens (tertiary/aromatic N) is 2. The SMILES string of the molecule is CCCNC(c1ccsc1)c1c(Cl)cnn1CCOC. The third-order valence-corrected chi connectivity index (χ3v) is 4.08. The second-order valence-electron chi connectivity index (χ2n) is 4.54. The molecule has 20 heavy (non-hydrogen) atoms. The number of nitrogens with one attached hydrogen (secondary N) is 1. The number of methoxy groups -OCH3 is 1. The maximum atomic E-state index is 6.35. The van der Waals surface area contributed by atoms with Gasteiger partial charge in [0.05, 0.1) is 36.1 Å². The van der Waals surface area contributed by atoms with Crippen LogP contribution in [0.2, 0.25) is 5.02 Å². The molecule has 4 nitrogen and oxygen atoms in total. The number of rotatable bonds is 8. The molecule has 0 amide bonds. The fourth-order valence-corrected chi connectivity index (χ4v) is 3.05. The average Bonchev–Trinajstić information content (AvgIpc) is 3.09. The second kappa shape index (κ2) is 7.78. The van der Waals surface area contributed by atoms with E-state index >= 15 is 0 Å². The number of hydrogen-bond acceptors (Lipinski definition) is 4. The molecule has 0 aliphatic carbocycles. The van der Waals surface area contributed by atoms with Gasteiger partial charge in [0.1, 0.15) is 0 Å². The van der Waals surface area contributed by atoms with Crippen LogP contribution in [0.4, 0.5) is 0 Å². The summed E-state index contributed by atoms with van der Waals surface area (Å²) < 4.78 is 7.07. The quantitative estimate of drug-likeness (QED) is 0.812. The van der Waals surface area contributed by atoms with E-state index in [2.05, 4.69) is 34.2 Å². The Morgan fingerprint density at radius 2 is 2.40 bits per heavy atom. The van der Waals surface area contributed by atoms with Crippen LogP contribution in [0.15, 0.2) is 23.0 Å². The van der Waals surface area contributed by atoms with Gasteiger partial charge in [0, 0.05) is 7.11 Å². The molecule has 0 aromatic carbocycles. The Morgan fingerprint density at radius 3 is 3.05 bits per heavy atom. The van der Waals surface area contributed by atoms with Crippen molar-refractivity contribution in [3.63, 3.8) is 0 Å². The molecule has 2 rings (SSSR count). The van der Waals surface area contributed by atoms with Crippen LogP contribution >= 0.6 is 22.9 Å². The van der Waals surface area contributed by atoms with Gasteiger partial charge in [0.25, 0.3) is 0 Å². The van der Waals surface area contributed by atoms with Gasteiger partial charge in [-0.2, -0.15) is 16.4 Å². The van der Waals surface area contributed by atoms with E-state index in [0.717, 1.165) is 18.7 Å². The van der Waals surface area contributed by atoms with Crippen LogP contribution in [0.5, 0.6) is 0 Å². The van der Waals surface area contributed by atoms with E-state index in [4.69, 9.17) is 16.3 Å². The Bertz CT molecular complexity index is 512. The van der Waals surface area contributed by atoms with Gasteiger partial charge in [-0.3, -0.25) is 4.68 Å². The molecule has 110 valence electrons. The molecule has 2 heterocycles. The Balaban J connectivity index is 2.30. The van der Waals surface area contributed by atoms with Crippen LogP contribution in [-0.2, 0) is 11.3 Å². The van der Waals surface area contributed by atoms with Gasteiger partial charge >= 0.3 is 0 Å². The van der Waals surface area contributed by atoms with Crippen LogP contribution in [-0.4, -0.2) is 30.0 Å². The van der Waals surface area contributed by atoms with Crippen molar-refractivity contribution < 1.29 is 4.74 Å². The largest absolute Gasteiger partial charge is 0.383 e. The average molecular weight is 314 g/mol. The maximum Gasteiger partial charge on any atom is 0.0837 e. The molecule has 0 radical (unpaired) electrons. The summed E-state index contributed by atoms with van der Waals surface area (Å²) in [6.07, 6.45) is 2.78. The van der Waals surface area contributed by atoms with E-state index in [9.17, 15) is 0 Å². The monoisotopic (exact) mass is 313 g/mol. The fraction of sp³-hybridized carbons (Fsp3) is 0.500. The topological polar surface area (TPSA) is 39.1 Å². The van der Waals surface area contributed by atoms with E-state index in [0.29, 0.717) is 18.2 Å². The molecular formula is C14H20ClN3OS. The summed E-state index contributed by atoms with van der Waals surface area (Å²) in [7, 11) is 1.69. The Labute approximate surface area is 128 Å². The number of hydrogen-bond donors (Lipinski definition) is 1. The van der Waals surface area contributed by atoms with Crippen molar-refractivity contribution in [2.75, 3.05) is 20.3 Å². The molecule has 2 aromatic heterocycles. The predicted octanol–water partition coefficient (Wildman–Crippen LogP) is 3.33. The van der Waals surface area contributed by atoms with E-state index in [1.54, 1.807) is 24.6 Å². The number of ether oxygens (including phenoxy) is 1. The minimum absolute atomic E-state index is 0.0769. The van der Waals surface area contributed by atoms with Crippen molar-refractivity contribution in [3.8, 4) is 0 Å². The van der Waals surface area contributed by atoms with Crippen LogP contribution in [0.3, 0.4) is 0 Å². The molecule has 6 heteroatoms. The molecule has 2 aromatic rings. The van der Waals surface area contributed by atoms with Gasteiger partial charge in [0.2, 0.25) is 0 Å². The smallest absolute Gasteiger partial charge is 0.0837 e. The molecule has 0 aliphatic rings. The lowest BCUT2D eigenvalue weighted by atomic mass is 10.1. The van der Waals surface area contributed by atoms with Gasteiger partial charge in [-0.15, -0.1) is 0 Å². The summed E-state index contributed by atoms with van der Waals surface area (Å²) in [6.45, 7) is 4.41. The van der Waals surface area contributed by atoms with Crippen molar-refractivity contribution in [1.29, 1.82) is 0 Å². The van der Waals surface area contributed by atoms with E-state index < -0.39 is 0 Å². The lowest BCUT2D eigenvalue weighted by Crippen LogP contribution is -2.26. The van der Waals surface area contributed by atoms with Gasteiger partial charge in [-0.1, -0.05) is 18.5 Å². The Kier molecular flexibility index (Phi) is 6.04. The van der Waals surface area contributed by atoms with E-state index in [-0.39, 0.29) is 6.04 Å². The highest BCUT2D eigenvalue weighted by atomic mass is 35.5. The maximum absolute atomic E-state index is 6.35. The fourth-order valence-electron chi connectivity index (χ4n) is 2.12. The van der Waals surface area contributed by atoms with E-state index in [1.165, 1.54) is 5.56 Å². The normalized spacial score (nSPS) is 12.8. The zero-order valence-electron chi connectivity index (χ0n) is 11.8. The first kappa shape index (κ1) is 15.5. The highest BCUT2D eigenvalue weighted by Gasteiger charge is 2.21. The van der Waals surface area contributed by atoms with Crippen molar-refractivity contribution >= 4 is 22.9 Å². The standard InChI is InChI=1S/C14H20ClN3OS/c1-3-5-16-13(11-4-8-20-10-11)14-12(15)9-17-18(14)6-7-19-2/h4,8-10,13,16H,3,5-7H2,1-2H3. The predicted molar refractivity (Wildman–Crippen MR) is 83.6 cm³/mol. The number of aromatic nitrogens is 2. The summed E-state index contributed by atoms with van der Waals surface area (Å²) in [5.41, 5.74) is 2.24. The molecule has 0 fully saturated rings. The second-order valence-corrected chi connectivity index (χ2v) is 5.72. The molecule has 0 bridgehead atoms. The molecule has 1 N–H and O–H groups in total. The van der Waals surface area contributed by atoms with Gasteiger partial charge < -0.3 is 10.1 Å². The summed E-state index contributed by atoms with van der Waals surface area (Å²) in [5, 5.41) is 12.8. The first-order valence-electron chi connectivity index (χ1n) is 6.73. The Morgan fingerprint density at radius 1 is 1.55 bits per heavy atom. The third kappa shape index (κ3) is 3.61. The molecule has 0 aliphatic heterocycles. The molecule has 0 spiro atoms. The van der Waals surface area contributed by atoms with E-state index in [1.807, 2.05) is 4.68 Å². The van der Waals surface area contributed by atoms with Crippen LogP contribution in [0.25, 0.3) is 0 Å². The van der Waals surface area contributed by atoms with Crippen molar-refractivity contribution in [2.24, 2.45) is 0 Å². The minimum atomic E-state index is 0.0769. The molecule has 1 atom stereocenters. The molecule has 0 saturated carbocycles. The highest BCUT2D eigenvalue weighted by molar-refractivity contribution is 7.08. The van der Waals surface area contributed by atoms with Crippen molar-refractivity contribution in [2.45, 2.75) is 25.9 Å². The highest BCUT2D eigenvalue weighted by Crippen LogP contribution is 2.29. The van der Waals surface area contributed by atoms with Gasteiger partial charge in [0.15, 0.2) is 0 Å². The number of thiophene rings is 1. The molecule has 0 saturated heterocycles. The van der Waals surface area contributed by atoms with Crippen LogP contribution in [0, 0.1) is 0 Å². The zero-order chi connectivity index (χ0) is 14.4. The summed E-state index contributed by atoms with van der Waals surface area (Å²) in [6, 6.07) is 2.20. The van der Waals surface area contributed by atoms with Gasteiger partial charge in [-0.25, -0.2) is 0 Å². The first-order chi connectivity index (χ1) is 9.77. The van der Waals surface area contributed by atoms with Crippen molar-refractivity contribution in [1.82, 2.24) is 15.1 Å². The Hall–Kier alpha value is -0.880. The molecular weight excluding hydrogens is 294 g/mol. The zero-order valence-corrected chi connectivity index (χ0v) is 13.4. The lowest BCUT2D eigenvalue weighted by molar-refractivity contribution is 0.182. The summed E-state index contributed by atoms with van der Waals surface area (Å²) in [4.78, 5) is 0. The number of halogens is 1. The third-order valence-electron chi connectivity index (χ3n) is 3.09. The summed E-state index contributed by atoms with van der Waals surface area (Å²) in [5.74, 6) is 0. The van der Waals surface area contributed by atoms with Crippen molar-refractivity contribution in [3.05, 3.63) is 39.3 Å². The first-order valence-corrected chi connectivity index (χ1v) is 8.05. The van der Waals surface area contributed by atoms with Crippen LogP contribution in [0.1, 0.15) is 30.6 Å². The molecule has 1 unspecified atom stereocenters. The van der Waals surface area contributed by atoms with Crippen LogP contribution < -0.4 is 5.32 Å². The minimum Gasteiger partial charge on any atom is -0.383 e. The lowest BCUT2D eigenvalue weighted by Gasteiger charge is -2.20.